The van der Waals surface area contributed by atoms with Crippen molar-refractivity contribution in [2.45, 2.75) is 46.1 Å². The quantitative estimate of drug-likeness (QED) is 0.782. The molecule has 0 aromatic carbocycles. The average Bonchev–Trinajstić information content (AvgIpc) is 3.07. The average molecular weight is 364 g/mol. The number of carbonyl (C=O) groups is 2. The lowest BCUT2D eigenvalue weighted by molar-refractivity contribution is -0.139. The number of halogens is 1. The fourth-order valence-corrected chi connectivity index (χ4v) is 4.12. The summed E-state index contributed by atoms with van der Waals surface area (Å²) in [5.74, 6) is 2.14. The summed E-state index contributed by atoms with van der Waals surface area (Å²) < 4.78 is 0. The standard InChI is InChI=1S/C16H29N3O2S.ClH/c1-16(2,3)8-14(20)19-11-22-10-13(19)15(21)18-7-5-12-4-6-17-9-12;/h12-13,17H,4-11H2,1-3H3,(H,18,21);1H. The van der Waals surface area contributed by atoms with Crippen molar-refractivity contribution in [3.8, 4) is 0 Å². The Morgan fingerprint density at radius 2 is 2.09 bits per heavy atom. The molecule has 0 aliphatic carbocycles. The van der Waals surface area contributed by atoms with E-state index in [0.29, 0.717) is 30.5 Å². The van der Waals surface area contributed by atoms with E-state index >= 15 is 0 Å². The number of hydrogen-bond donors (Lipinski definition) is 2. The Morgan fingerprint density at radius 1 is 1.35 bits per heavy atom. The third-order valence-electron chi connectivity index (χ3n) is 4.20. The minimum atomic E-state index is -0.290. The smallest absolute Gasteiger partial charge is 0.243 e. The fraction of sp³-hybridized carbons (Fsp3) is 0.875. The molecule has 23 heavy (non-hydrogen) atoms. The summed E-state index contributed by atoms with van der Waals surface area (Å²) >= 11 is 1.67. The molecule has 0 aromatic rings. The first-order valence-electron chi connectivity index (χ1n) is 8.22. The van der Waals surface area contributed by atoms with Crippen LogP contribution in [0.2, 0.25) is 0 Å². The predicted octanol–water partition coefficient (Wildman–Crippen LogP) is 1.86. The molecular weight excluding hydrogens is 334 g/mol. The minimum absolute atomic E-state index is 0. The number of hydrogen-bond acceptors (Lipinski definition) is 4. The van der Waals surface area contributed by atoms with Gasteiger partial charge in [-0.2, -0.15) is 0 Å². The Balaban J connectivity index is 0.00000264. The van der Waals surface area contributed by atoms with Gasteiger partial charge >= 0.3 is 0 Å². The molecule has 2 aliphatic heterocycles. The number of rotatable bonds is 5. The molecule has 134 valence electrons. The highest BCUT2D eigenvalue weighted by Gasteiger charge is 2.35. The number of thioether (sulfide) groups is 1. The maximum absolute atomic E-state index is 12.4. The van der Waals surface area contributed by atoms with E-state index in [2.05, 4.69) is 31.4 Å². The topological polar surface area (TPSA) is 61.4 Å². The molecule has 5 nitrogen and oxygen atoms in total. The van der Waals surface area contributed by atoms with Gasteiger partial charge < -0.3 is 15.5 Å². The van der Waals surface area contributed by atoms with Crippen molar-refractivity contribution in [1.29, 1.82) is 0 Å². The van der Waals surface area contributed by atoms with Gasteiger partial charge in [-0.3, -0.25) is 9.59 Å². The van der Waals surface area contributed by atoms with Gasteiger partial charge in [0.25, 0.3) is 0 Å². The summed E-state index contributed by atoms with van der Waals surface area (Å²) in [6, 6.07) is -0.290. The van der Waals surface area contributed by atoms with Crippen molar-refractivity contribution in [3.05, 3.63) is 0 Å². The molecule has 2 N–H and O–H groups in total. The SMILES string of the molecule is CC(C)(C)CC(=O)N1CSCC1C(=O)NCCC1CCNC1.Cl. The molecule has 2 heterocycles. The molecule has 0 bridgehead atoms. The monoisotopic (exact) mass is 363 g/mol. The number of nitrogens with zero attached hydrogens (tertiary/aromatic N) is 1. The summed E-state index contributed by atoms with van der Waals surface area (Å²) in [7, 11) is 0. The van der Waals surface area contributed by atoms with Gasteiger partial charge in [0.2, 0.25) is 11.8 Å². The van der Waals surface area contributed by atoms with Crippen molar-refractivity contribution in [2.24, 2.45) is 11.3 Å². The van der Waals surface area contributed by atoms with E-state index in [-0.39, 0.29) is 35.7 Å². The van der Waals surface area contributed by atoms with Crippen LogP contribution >= 0.6 is 24.2 Å². The van der Waals surface area contributed by atoms with Gasteiger partial charge in [0, 0.05) is 18.7 Å². The van der Waals surface area contributed by atoms with Crippen molar-refractivity contribution >= 4 is 36.0 Å². The zero-order chi connectivity index (χ0) is 16.2. The molecule has 2 fully saturated rings. The van der Waals surface area contributed by atoms with Crippen molar-refractivity contribution in [1.82, 2.24) is 15.5 Å². The van der Waals surface area contributed by atoms with E-state index in [0.717, 1.165) is 19.5 Å². The second kappa shape index (κ2) is 9.14. The van der Waals surface area contributed by atoms with Crippen LogP contribution in [0, 0.1) is 11.3 Å². The molecule has 0 aromatic heterocycles. The zero-order valence-electron chi connectivity index (χ0n) is 14.4. The molecule has 2 rings (SSSR count). The van der Waals surface area contributed by atoms with Crippen LogP contribution < -0.4 is 10.6 Å². The summed E-state index contributed by atoms with van der Waals surface area (Å²) in [6.45, 7) is 9.03. The molecule has 2 unspecified atom stereocenters. The summed E-state index contributed by atoms with van der Waals surface area (Å²) in [5, 5.41) is 6.37. The normalized spacial score (nSPS) is 24.4. The van der Waals surface area contributed by atoms with Gasteiger partial charge in [0.15, 0.2) is 0 Å². The lowest BCUT2D eigenvalue weighted by Crippen LogP contribution is -2.48. The van der Waals surface area contributed by atoms with Crippen molar-refractivity contribution in [3.63, 3.8) is 0 Å². The van der Waals surface area contributed by atoms with Crippen LogP contribution in [0.3, 0.4) is 0 Å². The highest BCUT2D eigenvalue weighted by Crippen LogP contribution is 2.26. The number of carbonyl (C=O) groups excluding carboxylic acids is 2. The van der Waals surface area contributed by atoms with E-state index in [1.54, 1.807) is 16.7 Å². The maximum Gasteiger partial charge on any atom is 0.243 e. The van der Waals surface area contributed by atoms with Gasteiger partial charge in [0.05, 0.1) is 5.88 Å². The Bertz CT molecular complexity index is 409. The first-order chi connectivity index (χ1) is 10.4. The highest BCUT2D eigenvalue weighted by molar-refractivity contribution is 7.99. The van der Waals surface area contributed by atoms with Gasteiger partial charge in [-0.15, -0.1) is 24.2 Å². The van der Waals surface area contributed by atoms with Gasteiger partial charge in [0.1, 0.15) is 6.04 Å². The molecule has 0 saturated carbocycles. The molecule has 2 atom stereocenters. The van der Waals surface area contributed by atoms with E-state index in [1.807, 2.05) is 0 Å². The van der Waals surface area contributed by atoms with Crippen molar-refractivity contribution in [2.75, 3.05) is 31.3 Å². The van der Waals surface area contributed by atoms with Crippen LogP contribution in [0.4, 0.5) is 0 Å². The van der Waals surface area contributed by atoms with Crippen LogP contribution in [0.15, 0.2) is 0 Å². The molecule has 2 amide bonds. The Labute approximate surface area is 150 Å². The Kier molecular flexibility index (Phi) is 8.18. The summed E-state index contributed by atoms with van der Waals surface area (Å²) in [6.07, 6.45) is 2.71. The van der Waals surface area contributed by atoms with Crippen molar-refractivity contribution < 1.29 is 9.59 Å². The third kappa shape index (κ3) is 6.51. The molecular formula is C16H30ClN3O2S. The second-order valence-electron chi connectivity index (χ2n) is 7.56. The minimum Gasteiger partial charge on any atom is -0.354 e. The van der Waals surface area contributed by atoms with Crippen LogP contribution in [0.5, 0.6) is 0 Å². The van der Waals surface area contributed by atoms with Gasteiger partial charge in [-0.1, -0.05) is 20.8 Å². The molecule has 0 radical (unpaired) electrons. The lowest BCUT2D eigenvalue weighted by atomic mass is 9.91. The van der Waals surface area contributed by atoms with Crippen LogP contribution in [0.25, 0.3) is 0 Å². The predicted molar refractivity (Wildman–Crippen MR) is 97.9 cm³/mol. The zero-order valence-corrected chi connectivity index (χ0v) is 16.0. The molecule has 2 saturated heterocycles. The van der Waals surface area contributed by atoms with E-state index < -0.39 is 0 Å². The van der Waals surface area contributed by atoms with Crippen LogP contribution in [0.1, 0.15) is 40.0 Å². The molecule has 0 spiro atoms. The lowest BCUT2D eigenvalue weighted by Gasteiger charge is -2.27. The fourth-order valence-electron chi connectivity index (χ4n) is 2.94. The molecule has 2 aliphatic rings. The van der Waals surface area contributed by atoms with E-state index in [1.165, 1.54) is 6.42 Å². The Hall–Kier alpha value is -0.460. The number of nitrogens with one attached hydrogen (secondary N) is 2. The highest BCUT2D eigenvalue weighted by atomic mass is 35.5. The van der Waals surface area contributed by atoms with Crippen LogP contribution in [-0.2, 0) is 9.59 Å². The summed E-state index contributed by atoms with van der Waals surface area (Å²) in [4.78, 5) is 26.5. The second-order valence-corrected chi connectivity index (χ2v) is 8.55. The van der Waals surface area contributed by atoms with E-state index in [9.17, 15) is 9.59 Å². The largest absolute Gasteiger partial charge is 0.354 e. The first kappa shape index (κ1) is 20.6. The summed E-state index contributed by atoms with van der Waals surface area (Å²) in [5.41, 5.74) is -0.0408. The van der Waals surface area contributed by atoms with Gasteiger partial charge in [-0.05, 0) is 37.3 Å². The van der Waals surface area contributed by atoms with E-state index in [4.69, 9.17) is 0 Å². The molecule has 7 heteroatoms. The van der Waals surface area contributed by atoms with Gasteiger partial charge in [-0.25, -0.2) is 0 Å². The van der Waals surface area contributed by atoms with Crippen LogP contribution in [-0.4, -0.2) is 54.0 Å². The number of amides is 2. The Morgan fingerprint density at radius 3 is 2.70 bits per heavy atom. The maximum atomic E-state index is 12.4. The third-order valence-corrected chi connectivity index (χ3v) is 5.21. The first-order valence-corrected chi connectivity index (χ1v) is 9.38.